The molecule has 4 aromatic carbocycles. The largest absolute Gasteiger partial charge is 0.456 e. The van der Waals surface area contributed by atoms with Gasteiger partial charge in [0, 0.05) is 53.4 Å². The van der Waals surface area contributed by atoms with E-state index in [-0.39, 0.29) is 25.5 Å². The van der Waals surface area contributed by atoms with E-state index in [1.165, 1.54) is 5.56 Å². The first kappa shape index (κ1) is 24.6. The van der Waals surface area contributed by atoms with Crippen LogP contribution in [0.2, 0.25) is 0 Å². The molecule has 0 amide bonds. The number of benzene rings is 4. The van der Waals surface area contributed by atoms with E-state index in [2.05, 4.69) is 75.4 Å². The summed E-state index contributed by atoms with van der Waals surface area (Å²) in [4.78, 5) is 4.74. The predicted molar refractivity (Wildman–Crippen MR) is 152 cm³/mol. The number of pyridine rings is 1. The standard InChI is InChI=1S/C34H26NO2.Ir/c1-34(2,3)20-21-9-8-10-22(17-21)27-18-23(15-16-35-27)31-32-25-12-5-7-14-29(25)36-30(32)19-26-24-11-4-6-13-28(24)37-33(26)31;/h4-9,11-19H,20H2,1-3H3;/q-1;. The summed E-state index contributed by atoms with van der Waals surface area (Å²) < 4.78 is 12.9. The van der Waals surface area contributed by atoms with Crippen LogP contribution in [0.15, 0.2) is 100.0 Å². The van der Waals surface area contributed by atoms with Crippen molar-refractivity contribution < 1.29 is 28.9 Å². The van der Waals surface area contributed by atoms with Crippen molar-refractivity contribution in [3.63, 3.8) is 0 Å². The zero-order valence-corrected chi connectivity index (χ0v) is 23.9. The molecular weight excluding hydrogens is 647 g/mol. The van der Waals surface area contributed by atoms with Crippen molar-refractivity contribution >= 4 is 43.9 Å². The number of rotatable bonds is 3. The maximum Gasteiger partial charge on any atom is 0.144 e. The van der Waals surface area contributed by atoms with Gasteiger partial charge in [-0.15, -0.1) is 35.4 Å². The Morgan fingerprint density at radius 2 is 1.50 bits per heavy atom. The fraction of sp³-hybridized carbons (Fsp3) is 0.147. The molecule has 0 fully saturated rings. The number of furan rings is 2. The summed E-state index contributed by atoms with van der Waals surface area (Å²) in [5, 5.41) is 4.27. The van der Waals surface area contributed by atoms with Crippen LogP contribution in [0.25, 0.3) is 66.3 Å². The molecule has 38 heavy (non-hydrogen) atoms. The number of nitrogens with zero attached hydrogens (tertiary/aromatic N) is 1. The summed E-state index contributed by atoms with van der Waals surface area (Å²) in [5.74, 6) is 0. The molecule has 0 N–H and O–H groups in total. The minimum atomic E-state index is 0. The van der Waals surface area contributed by atoms with Gasteiger partial charge in [0.1, 0.15) is 22.3 Å². The van der Waals surface area contributed by atoms with Crippen molar-refractivity contribution in [3.05, 3.63) is 103 Å². The Labute approximate surface area is 234 Å². The molecule has 0 aliphatic heterocycles. The van der Waals surface area contributed by atoms with E-state index in [4.69, 9.17) is 13.8 Å². The summed E-state index contributed by atoms with van der Waals surface area (Å²) in [7, 11) is 0. The van der Waals surface area contributed by atoms with Gasteiger partial charge in [0.15, 0.2) is 0 Å². The zero-order valence-electron chi connectivity index (χ0n) is 21.5. The third kappa shape index (κ3) is 4.15. The molecule has 0 atom stereocenters. The van der Waals surface area contributed by atoms with E-state index in [0.29, 0.717) is 0 Å². The molecular formula is C34H26IrNO2-. The molecule has 0 aliphatic rings. The Bertz CT molecular complexity index is 1950. The molecule has 0 aliphatic carbocycles. The molecule has 3 aromatic heterocycles. The fourth-order valence-electron chi connectivity index (χ4n) is 5.46. The molecule has 0 saturated carbocycles. The summed E-state index contributed by atoms with van der Waals surface area (Å²) in [6.07, 6.45) is 2.87. The van der Waals surface area contributed by atoms with Crippen LogP contribution in [0.1, 0.15) is 26.3 Å². The van der Waals surface area contributed by atoms with Gasteiger partial charge in [0.2, 0.25) is 0 Å². The minimum Gasteiger partial charge on any atom is -0.456 e. The van der Waals surface area contributed by atoms with E-state index in [9.17, 15) is 0 Å². The van der Waals surface area contributed by atoms with E-state index in [1.807, 2.05) is 42.6 Å². The third-order valence-corrected chi connectivity index (χ3v) is 6.93. The van der Waals surface area contributed by atoms with Crippen LogP contribution in [0.5, 0.6) is 0 Å². The molecule has 1 radical (unpaired) electrons. The van der Waals surface area contributed by atoms with Crippen LogP contribution in [0.4, 0.5) is 0 Å². The van der Waals surface area contributed by atoms with Gasteiger partial charge in [-0.25, -0.2) is 0 Å². The molecule has 0 saturated heterocycles. The zero-order chi connectivity index (χ0) is 25.1. The van der Waals surface area contributed by atoms with Crippen molar-refractivity contribution in [1.29, 1.82) is 0 Å². The van der Waals surface area contributed by atoms with Crippen molar-refractivity contribution in [2.24, 2.45) is 5.41 Å². The van der Waals surface area contributed by atoms with E-state index in [1.54, 1.807) is 0 Å². The Balaban J connectivity index is 0.00000264. The van der Waals surface area contributed by atoms with Crippen molar-refractivity contribution in [1.82, 2.24) is 4.98 Å². The van der Waals surface area contributed by atoms with E-state index < -0.39 is 0 Å². The smallest absolute Gasteiger partial charge is 0.144 e. The van der Waals surface area contributed by atoms with Gasteiger partial charge >= 0.3 is 0 Å². The van der Waals surface area contributed by atoms with Gasteiger partial charge in [-0.1, -0.05) is 63.2 Å². The number of hydrogen-bond acceptors (Lipinski definition) is 3. The van der Waals surface area contributed by atoms with Crippen molar-refractivity contribution in [2.45, 2.75) is 27.2 Å². The summed E-state index contributed by atoms with van der Waals surface area (Å²) in [6.45, 7) is 6.78. The number of aromatic nitrogens is 1. The second-order valence-corrected chi connectivity index (χ2v) is 11.0. The predicted octanol–water partition coefficient (Wildman–Crippen LogP) is 9.60. The molecule has 0 unspecified atom stereocenters. The van der Waals surface area contributed by atoms with E-state index in [0.717, 1.165) is 72.7 Å². The first-order valence-electron chi connectivity index (χ1n) is 12.7. The maximum absolute atomic E-state index is 6.51. The minimum absolute atomic E-state index is 0. The van der Waals surface area contributed by atoms with Crippen LogP contribution in [0, 0.1) is 11.5 Å². The topological polar surface area (TPSA) is 39.2 Å². The summed E-state index contributed by atoms with van der Waals surface area (Å²) in [6, 6.07) is 32.5. The average molecular weight is 673 g/mol. The molecule has 7 aromatic rings. The van der Waals surface area contributed by atoms with Gasteiger partial charge in [-0.05, 0) is 47.4 Å². The second kappa shape index (κ2) is 9.23. The maximum atomic E-state index is 6.51. The van der Waals surface area contributed by atoms with Crippen molar-refractivity contribution in [2.75, 3.05) is 0 Å². The molecule has 4 heteroatoms. The summed E-state index contributed by atoms with van der Waals surface area (Å²) in [5.41, 5.74) is 8.91. The normalized spacial score (nSPS) is 12.0. The summed E-state index contributed by atoms with van der Waals surface area (Å²) >= 11 is 0. The molecule has 3 heterocycles. The average Bonchev–Trinajstić information content (AvgIpc) is 3.44. The number of hydrogen-bond donors (Lipinski definition) is 0. The Kier molecular flexibility index (Phi) is 5.98. The number of fused-ring (bicyclic) bond motifs is 6. The number of para-hydroxylation sites is 2. The fourth-order valence-corrected chi connectivity index (χ4v) is 5.46. The van der Waals surface area contributed by atoms with Gasteiger partial charge in [-0.2, -0.15) is 0 Å². The molecule has 0 bridgehead atoms. The third-order valence-electron chi connectivity index (χ3n) is 6.93. The Morgan fingerprint density at radius 1 is 0.763 bits per heavy atom. The molecule has 3 nitrogen and oxygen atoms in total. The van der Waals surface area contributed by atoms with Gasteiger partial charge < -0.3 is 13.8 Å². The molecule has 0 spiro atoms. The van der Waals surface area contributed by atoms with Crippen molar-refractivity contribution in [3.8, 4) is 22.4 Å². The van der Waals surface area contributed by atoms with Crippen LogP contribution in [-0.4, -0.2) is 4.98 Å². The van der Waals surface area contributed by atoms with E-state index >= 15 is 0 Å². The van der Waals surface area contributed by atoms with Gasteiger partial charge in [-0.3, -0.25) is 0 Å². The Morgan fingerprint density at radius 3 is 2.29 bits per heavy atom. The van der Waals surface area contributed by atoms with Crippen LogP contribution >= 0.6 is 0 Å². The molecule has 189 valence electrons. The first-order valence-corrected chi connectivity index (χ1v) is 12.7. The van der Waals surface area contributed by atoms with Crippen LogP contribution < -0.4 is 0 Å². The second-order valence-electron chi connectivity index (χ2n) is 11.0. The monoisotopic (exact) mass is 673 g/mol. The molecule has 7 rings (SSSR count). The van der Waals surface area contributed by atoms with Gasteiger partial charge in [0.05, 0.1) is 0 Å². The van der Waals surface area contributed by atoms with Crippen LogP contribution in [0.3, 0.4) is 0 Å². The first-order chi connectivity index (χ1) is 17.9. The SMILES string of the molecule is CC(C)(C)Cc1cc[c-]c(-c2cc(-c3c4oc5ccccc5c4cc4oc5ccccc5c34)ccn2)c1.[Ir]. The quantitative estimate of drug-likeness (QED) is 0.176. The van der Waals surface area contributed by atoms with Gasteiger partial charge in [0.25, 0.3) is 0 Å². The van der Waals surface area contributed by atoms with Crippen LogP contribution in [-0.2, 0) is 26.5 Å². The Hall–Kier alpha value is -3.72.